The van der Waals surface area contributed by atoms with Gasteiger partial charge in [-0.05, 0) is 42.5 Å². The van der Waals surface area contributed by atoms with E-state index in [1.807, 2.05) is 0 Å². The van der Waals surface area contributed by atoms with Crippen LogP contribution < -0.4 is 9.47 Å². The fourth-order valence-corrected chi connectivity index (χ4v) is 3.14. The molecule has 0 bridgehead atoms. The predicted molar refractivity (Wildman–Crippen MR) is 83.7 cm³/mol. The van der Waals surface area contributed by atoms with Gasteiger partial charge in [0.05, 0.1) is 0 Å². The number of hydrogen-bond acceptors (Lipinski definition) is 3. The Morgan fingerprint density at radius 2 is 1.58 bits per heavy atom. The second-order valence-corrected chi connectivity index (χ2v) is 6.33. The topological polar surface area (TPSA) is 35.5 Å². The van der Waals surface area contributed by atoms with Gasteiger partial charge in [-0.2, -0.15) is 0 Å². The zero-order valence-corrected chi connectivity index (χ0v) is 13.8. The summed E-state index contributed by atoms with van der Waals surface area (Å²) in [4.78, 5) is 11.9. The molecule has 0 amide bonds. The Hall–Kier alpha value is -1.72. The van der Waals surface area contributed by atoms with Crippen molar-refractivity contribution in [3.63, 3.8) is 0 Å². The Balaban J connectivity index is 1.72. The zero-order valence-electron chi connectivity index (χ0n) is 13.8. The van der Waals surface area contributed by atoms with Crippen LogP contribution in [0, 0.1) is 11.8 Å². The highest BCUT2D eigenvalue weighted by molar-refractivity contribution is 5.72. The molecule has 0 spiro atoms. The van der Waals surface area contributed by atoms with Crippen molar-refractivity contribution in [2.75, 3.05) is 0 Å². The standard InChI is InChI=1S/C18H23F3O3/c1-2-13-3-5-14(6-4-13)7-12-17(22)23-15-8-10-16(11-9-15)24-18(19,20)21/h8-11,13-14H,2-7,12H2,1H3/t13-,14-. The largest absolute Gasteiger partial charge is 0.573 e. The van der Waals surface area contributed by atoms with E-state index in [-0.39, 0.29) is 17.5 Å². The van der Waals surface area contributed by atoms with E-state index in [0.717, 1.165) is 37.3 Å². The van der Waals surface area contributed by atoms with Crippen LogP contribution in [0.5, 0.6) is 11.5 Å². The van der Waals surface area contributed by atoms with E-state index in [1.54, 1.807) is 0 Å². The lowest BCUT2D eigenvalue weighted by Crippen LogP contribution is -2.17. The van der Waals surface area contributed by atoms with Gasteiger partial charge in [-0.3, -0.25) is 4.79 Å². The molecular formula is C18H23F3O3. The Morgan fingerprint density at radius 3 is 2.12 bits per heavy atom. The Morgan fingerprint density at radius 1 is 1.04 bits per heavy atom. The molecule has 0 atom stereocenters. The third-order valence-electron chi connectivity index (χ3n) is 4.59. The van der Waals surface area contributed by atoms with Gasteiger partial charge in [0.25, 0.3) is 0 Å². The number of alkyl halides is 3. The molecule has 0 aromatic heterocycles. The number of esters is 1. The van der Waals surface area contributed by atoms with Crippen LogP contribution in [0.3, 0.4) is 0 Å². The molecule has 0 saturated heterocycles. The maximum atomic E-state index is 12.1. The first kappa shape index (κ1) is 18.6. The van der Waals surface area contributed by atoms with Crippen LogP contribution in [0.4, 0.5) is 13.2 Å². The second-order valence-electron chi connectivity index (χ2n) is 6.33. The normalized spacial score (nSPS) is 21.3. The molecule has 0 N–H and O–H groups in total. The third kappa shape index (κ3) is 6.42. The molecule has 3 nitrogen and oxygen atoms in total. The number of carbonyl (C=O) groups excluding carboxylic acids is 1. The number of carbonyl (C=O) groups is 1. The fourth-order valence-electron chi connectivity index (χ4n) is 3.14. The zero-order chi connectivity index (χ0) is 17.6. The summed E-state index contributed by atoms with van der Waals surface area (Å²) in [5.41, 5.74) is 0. The Kier molecular flexibility index (Phi) is 6.52. The molecule has 134 valence electrons. The maximum absolute atomic E-state index is 12.1. The van der Waals surface area contributed by atoms with E-state index in [0.29, 0.717) is 12.3 Å². The minimum atomic E-state index is -4.73. The minimum Gasteiger partial charge on any atom is -0.427 e. The maximum Gasteiger partial charge on any atom is 0.573 e. The summed E-state index contributed by atoms with van der Waals surface area (Å²) in [5, 5.41) is 0. The van der Waals surface area contributed by atoms with Crippen LogP contribution in [0.25, 0.3) is 0 Å². The van der Waals surface area contributed by atoms with E-state index in [2.05, 4.69) is 11.7 Å². The summed E-state index contributed by atoms with van der Waals surface area (Å²) in [6, 6.07) is 4.85. The van der Waals surface area contributed by atoms with E-state index >= 15 is 0 Å². The Labute approximate surface area is 140 Å². The van der Waals surface area contributed by atoms with Crippen molar-refractivity contribution >= 4 is 5.97 Å². The second kappa shape index (κ2) is 8.40. The van der Waals surface area contributed by atoms with E-state index < -0.39 is 6.36 Å². The van der Waals surface area contributed by atoms with Crippen LogP contribution in [-0.2, 0) is 4.79 Å². The Bertz CT molecular complexity index is 517. The molecule has 1 aliphatic rings. The van der Waals surface area contributed by atoms with E-state index in [1.165, 1.54) is 31.4 Å². The van der Waals surface area contributed by atoms with Crippen molar-refractivity contribution in [1.29, 1.82) is 0 Å². The first-order chi connectivity index (χ1) is 11.4. The molecule has 1 aliphatic carbocycles. The molecule has 1 fully saturated rings. The average molecular weight is 344 g/mol. The van der Waals surface area contributed by atoms with Crippen molar-refractivity contribution in [1.82, 2.24) is 0 Å². The summed E-state index contributed by atoms with van der Waals surface area (Å²) < 4.78 is 45.1. The average Bonchev–Trinajstić information content (AvgIpc) is 2.54. The highest BCUT2D eigenvalue weighted by atomic mass is 19.4. The predicted octanol–water partition coefficient (Wildman–Crippen LogP) is 5.49. The highest BCUT2D eigenvalue weighted by Crippen LogP contribution is 2.33. The number of hydrogen-bond donors (Lipinski definition) is 0. The summed E-state index contributed by atoms with van der Waals surface area (Å²) in [5.74, 6) is 0.935. The van der Waals surface area contributed by atoms with Crippen molar-refractivity contribution in [3.05, 3.63) is 24.3 Å². The van der Waals surface area contributed by atoms with Gasteiger partial charge in [0.1, 0.15) is 11.5 Å². The fraction of sp³-hybridized carbons (Fsp3) is 0.611. The van der Waals surface area contributed by atoms with Gasteiger partial charge in [0.2, 0.25) is 0 Å². The lowest BCUT2D eigenvalue weighted by molar-refractivity contribution is -0.274. The van der Waals surface area contributed by atoms with Crippen LogP contribution in [0.1, 0.15) is 51.9 Å². The molecule has 0 heterocycles. The van der Waals surface area contributed by atoms with Crippen LogP contribution in [0.15, 0.2) is 24.3 Å². The van der Waals surface area contributed by atoms with Crippen LogP contribution in [-0.4, -0.2) is 12.3 Å². The molecule has 0 aliphatic heterocycles. The van der Waals surface area contributed by atoms with Crippen molar-refractivity contribution in [2.45, 2.75) is 58.2 Å². The van der Waals surface area contributed by atoms with Gasteiger partial charge in [0.15, 0.2) is 0 Å². The molecule has 6 heteroatoms. The molecular weight excluding hydrogens is 321 g/mol. The van der Waals surface area contributed by atoms with Gasteiger partial charge in [-0.1, -0.05) is 39.0 Å². The van der Waals surface area contributed by atoms with E-state index in [4.69, 9.17) is 4.74 Å². The molecule has 0 radical (unpaired) electrons. The molecule has 0 unspecified atom stereocenters. The number of ether oxygens (including phenoxy) is 2. The summed E-state index contributed by atoms with van der Waals surface area (Å²) in [7, 11) is 0. The molecule has 1 aromatic carbocycles. The lowest BCUT2D eigenvalue weighted by atomic mass is 9.79. The molecule has 1 saturated carbocycles. The number of rotatable bonds is 6. The van der Waals surface area contributed by atoms with Gasteiger partial charge < -0.3 is 9.47 Å². The number of halogens is 3. The van der Waals surface area contributed by atoms with Gasteiger partial charge >= 0.3 is 12.3 Å². The van der Waals surface area contributed by atoms with Crippen molar-refractivity contribution < 1.29 is 27.4 Å². The van der Waals surface area contributed by atoms with Crippen LogP contribution in [0.2, 0.25) is 0 Å². The quantitative estimate of drug-likeness (QED) is 0.506. The third-order valence-corrected chi connectivity index (χ3v) is 4.59. The van der Waals surface area contributed by atoms with Crippen molar-refractivity contribution in [2.24, 2.45) is 11.8 Å². The summed E-state index contributed by atoms with van der Waals surface area (Å²) >= 11 is 0. The summed E-state index contributed by atoms with van der Waals surface area (Å²) in [6.45, 7) is 2.22. The molecule has 1 aromatic rings. The van der Waals surface area contributed by atoms with Gasteiger partial charge in [-0.25, -0.2) is 0 Å². The van der Waals surface area contributed by atoms with Crippen LogP contribution >= 0.6 is 0 Å². The first-order valence-electron chi connectivity index (χ1n) is 8.42. The first-order valence-corrected chi connectivity index (χ1v) is 8.42. The molecule has 24 heavy (non-hydrogen) atoms. The van der Waals surface area contributed by atoms with Gasteiger partial charge in [0, 0.05) is 6.42 Å². The lowest BCUT2D eigenvalue weighted by Gasteiger charge is -2.27. The molecule has 2 rings (SSSR count). The highest BCUT2D eigenvalue weighted by Gasteiger charge is 2.31. The number of benzene rings is 1. The van der Waals surface area contributed by atoms with Crippen molar-refractivity contribution in [3.8, 4) is 11.5 Å². The SMILES string of the molecule is CC[C@H]1CC[C@H](CCC(=O)Oc2ccc(OC(F)(F)F)cc2)CC1. The summed E-state index contributed by atoms with van der Waals surface area (Å²) in [6.07, 6.45) is 2.43. The minimum absolute atomic E-state index is 0.226. The monoisotopic (exact) mass is 344 g/mol. The van der Waals surface area contributed by atoms with Gasteiger partial charge in [-0.15, -0.1) is 13.2 Å². The van der Waals surface area contributed by atoms with E-state index in [9.17, 15) is 18.0 Å². The smallest absolute Gasteiger partial charge is 0.427 e.